The summed E-state index contributed by atoms with van der Waals surface area (Å²) in [5, 5.41) is 0.692. The van der Waals surface area contributed by atoms with Gasteiger partial charge in [0.15, 0.2) is 10.9 Å². The number of aromatic nitrogens is 2. The highest BCUT2D eigenvalue weighted by Gasteiger charge is 2.22. The molecule has 1 aromatic heterocycles. The molecule has 1 atom stereocenters. The van der Waals surface area contributed by atoms with Crippen LogP contribution in [0.2, 0.25) is 0 Å². The molecule has 0 radical (unpaired) electrons. The van der Waals surface area contributed by atoms with Crippen LogP contribution in [0, 0.1) is 34.6 Å². The number of rotatable bonds is 7. The first-order valence-electron chi connectivity index (χ1n) is 8.57. The van der Waals surface area contributed by atoms with Crippen LogP contribution in [-0.4, -0.2) is 34.3 Å². The number of ketones is 1. The van der Waals surface area contributed by atoms with Gasteiger partial charge < -0.3 is 9.30 Å². The van der Waals surface area contributed by atoms with Gasteiger partial charge in [-0.2, -0.15) is 0 Å². The summed E-state index contributed by atoms with van der Waals surface area (Å²) in [4.78, 5) is 17.6. The minimum Gasteiger partial charge on any atom is -0.383 e. The Kier molecular flexibility index (Phi) is 6.47. The molecule has 0 saturated heterocycles. The average molecular weight is 361 g/mol. The van der Waals surface area contributed by atoms with Crippen LogP contribution in [0.3, 0.4) is 0 Å². The number of Topliss-reactive ketones (excluding diaryl/α,β-unsaturated/α-hetero) is 1. The van der Waals surface area contributed by atoms with Gasteiger partial charge in [-0.05, 0) is 64.3 Å². The molecule has 136 valence electrons. The number of thioether (sulfide) groups is 1. The second kappa shape index (κ2) is 8.19. The first-order valence-corrected chi connectivity index (χ1v) is 9.45. The normalized spacial score (nSPS) is 12.4. The molecule has 1 aromatic carbocycles. The molecule has 4 nitrogen and oxygen atoms in total. The number of nitrogens with zero attached hydrogens (tertiary/aromatic N) is 2. The monoisotopic (exact) mass is 360 g/mol. The quantitative estimate of drug-likeness (QED) is 0.541. The fourth-order valence-electron chi connectivity index (χ4n) is 2.82. The molecule has 2 aromatic rings. The van der Waals surface area contributed by atoms with Crippen LogP contribution in [0.4, 0.5) is 0 Å². The Bertz CT molecular complexity index is 780. The molecule has 0 aliphatic heterocycles. The van der Waals surface area contributed by atoms with Crippen LogP contribution in [0.5, 0.6) is 0 Å². The lowest BCUT2D eigenvalue weighted by Crippen LogP contribution is -2.17. The number of hydrogen-bond donors (Lipinski definition) is 0. The lowest BCUT2D eigenvalue weighted by Gasteiger charge is -2.15. The van der Waals surface area contributed by atoms with Gasteiger partial charge in [0, 0.05) is 24.9 Å². The van der Waals surface area contributed by atoms with E-state index in [1.165, 1.54) is 17.3 Å². The summed E-state index contributed by atoms with van der Waals surface area (Å²) >= 11 is 1.52. The van der Waals surface area contributed by atoms with E-state index in [0.29, 0.717) is 6.61 Å². The molecular weight excluding hydrogens is 332 g/mol. The lowest BCUT2D eigenvalue weighted by atomic mass is 9.97. The second-order valence-electron chi connectivity index (χ2n) is 6.59. The van der Waals surface area contributed by atoms with Crippen LogP contribution < -0.4 is 0 Å². The number of carbonyl (C=O) groups excluding carboxylic acids is 1. The van der Waals surface area contributed by atoms with E-state index < -0.39 is 0 Å². The van der Waals surface area contributed by atoms with E-state index in [1.807, 2.05) is 33.8 Å². The maximum atomic E-state index is 13.0. The van der Waals surface area contributed by atoms with Crippen molar-refractivity contribution in [3.05, 3.63) is 45.8 Å². The number of ether oxygens (including phenoxy) is 1. The summed E-state index contributed by atoms with van der Waals surface area (Å²) in [7, 11) is 1.70. The van der Waals surface area contributed by atoms with Gasteiger partial charge in [0.2, 0.25) is 0 Å². The lowest BCUT2D eigenvalue weighted by molar-refractivity contribution is 0.0993. The summed E-state index contributed by atoms with van der Waals surface area (Å²) in [6.07, 6.45) is 0. The van der Waals surface area contributed by atoms with Crippen molar-refractivity contribution in [2.45, 2.75) is 58.5 Å². The predicted molar refractivity (Wildman–Crippen MR) is 104 cm³/mol. The molecule has 0 saturated carbocycles. The molecule has 0 bridgehead atoms. The summed E-state index contributed by atoms with van der Waals surface area (Å²) < 4.78 is 7.34. The number of imidazole rings is 1. The highest BCUT2D eigenvalue weighted by atomic mass is 32.2. The van der Waals surface area contributed by atoms with E-state index in [4.69, 9.17) is 4.74 Å². The molecule has 2 rings (SSSR count). The van der Waals surface area contributed by atoms with Gasteiger partial charge in [-0.3, -0.25) is 4.79 Å². The Morgan fingerprint density at radius 1 is 1.16 bits per heavy atom. The Balaban J connectivity index is 2.25. The van der Waals surface area contributed by atoms with Gasteiger partial charge in [-0.25, -0.2) is 4.98 Å². The molecule has 1 heterocycles. The molecule has 0 spiro atoms. The van der Waals surface area contributed by atoms with Crippen molar-refractivity contribution in [2.24, 2.45) is 0 Å². The Morgan fingerprint density at radius 3 is 2.44 bits per heavy atom. The van der Waals surface area contributed by atoms with Crippen molar-refractivity contribution < 1.29 is 9.53 Å². The fraction of sp³-hybridized carbons (Fsp3) is 0.500. The maximum Gasteiger partial charge on any atom is 0.176 e. The topological polar surface area (TPSA) is 44.1 Å². The van der Waals surface area contributed by atoms with Gasteiger partial charge in [-0.1, -0.05) is 17.8 Å². The highest BCUT2D eigenvalue weighted by Crippen LogP contribution is 2.28. The van der Waals surface area contributed by atoms with Crippen molar-refractivity contribution in [3.63, 3.8) is 0 Å². The number of hydrogen-bond acceptors (Lipinski definition) is 4. The Hall–Kier alpha value is -1.59. The summed E-state index contributed by atoms with van der Waals surface area (Å²) in [5.74, 6) is 0.155. The molecule has 1 unspecified atom stereocenters. The standard InChI is InChI=1S/C20H28N2O2S/c1-12-10-14(3)18(11-13(12)2)19(23)17(6)25-20-21-15(4)16(5)22(20)8-9-24-7/h10-11,17H,8-9H2,1-7H3. The highest BCUT2D eigenvalue weighted by molar-refractivity contribution is 8.00. The summed E-state index contributed by atoms with van der Waals surface area (Å²) in [6.45, 7) is 13.5. The van der Waals surface area contributed by atoms with Crippen LogP contribution in [0.1, 0.15) is 45.4 Å². The molecule has 25 heavy (non-hydrogen) atoms. The number of benzene rings is 1. The predicted octanol–water partition coefficient (Wildman–Crippen LogP) is 4.44. The van der Waals surface area contributed by atoms with Crippen LogP contribution in [-0.2, 0) is 11.3 Å². The Morgan fingerprint density at radius 2 is 1.80 bits per heavy atom. The van der Waals surface area contributed by atoms with Crippen molar-refractivity contribution in [2.75, 3.05) is 13.7 Å². The zero-order valence-corrected chi connectivity index (χ0v) is 17.1. The van der Waals surface area contributed by atoms with E-state index in [2.05, 4.69) is 29.5 Å². The number of methoxy groups -OCH3 is 1. The van der Waals surface area contributed by atoms with Crippen LogP contribution in [0.15, 0.2) is 17.3 Å². The summed E-state index contributed by atoms with van der Waals surface area (Å²) in [5.41, 5.74) is 6.35. The molecule has 0 aliphatic rings. The molecule has 0 N–H and O–H groups in total. The third-order valence-corrected chi connectivity index (χ3v) is 5.79. The molecular formula is C20H28N2O2S. The second-order valence-corrected chi connectivity index (χ2v) is 7.89. The van der Waals surface area contributed by atoms with Crippen molar-refractivity contribution in [1.29, 1.82) is 0 Å². The third-order valence-electron chi connectivity index (χ3n) is 4.70. The minimum absolute atomic E-state index is 0.155. The zero-order valence-electron chi connectivity index (χ0n) is 16.3. The fourth-order valence-corrected chi connectivity index (χ4v) is 3.91. The summed E-state index contributed by atoms with van der Waals surface area (Å²) in [6, 6.07) is 4.10. The van der Waals surface area contributed by atoms with Crippen molar-refractivity contribution >= 4 is 17.5 Å². The van der Waals surface area contributed by atoms with Crippen LogP contribution in [0.25, 0.3) is 0 Å². The molecule has 0 amide bonds. The van der Waals surface area contributed by atoms with E-state index >= 15 is 0 Å². The minimum atomic E-state index is -0.191. The Labute approximate surface area is 155 Å². The van der Waals surface area contributed by atoms with Gasteiger partial charge in [0.05, 0.1) is 17.6 Å². The van der Waals surface area contributed by atoms with Gasteiger partial charge in [-0.15, -0.1) is 0 Å². The van der Waals surface area contributed by atoms with Gasteiger partial charge >= 0.3 is 0 Å². The smallest absolute Gasteiger partial charge is 0.176 e. The zero-order chi connectivity index (χ0) is 18.7. The van der Waals surface area contributed by atoms with Crippen molar-refractivity contribution in [1.82, 2.24) is 9.55 Å². The molecule has 0 aliphatic carbocycles. The largest absolute Gasteiger partial charge is 0.383 e. The number of carbonyl (C=O) groups is 1. The van der Waals surface area contributed by atoms with E-state index in [0.717, 1.165) is 39.8 Å². The van der Waals surface area contributed by atoms with Crippen molar-refractivity contribution in [3.8, 4) is 0 Å². The van der Waals surface area contributed by atoms with Gasteiger partial charge in [0.25, 0.3) is 0 Å². The average Bonchev–Trinajstić information content (AvgIpc) is 2.82. The van der Waals surface area contributed by atoms with Crippen LogP contribution >= 0.6 is 11.8 Å². The molecule has 5 heteroatoms. The van der Waals surface area contributed by atoms with Gasteiger partial charge in [0.1, 0.15) is 0 Å². The SMILES string of the molecule is COCCn1c(SC(C)C(=O)c2cc(C)c(C)cc2C)nc(C)c1C. The van der Waals surface area contributed by atoms with E-state index in [1.54, 1.807) is 7.11 Å². The number of aryl methyl sites for hydroxylation is 4. The maximum absolute atomic E-state index is 13.0. The molecule has 0 fully saturated rings. The van der Waals surface area contributed by atoms with E-state index in [-0.39, 0.29) is 11.0 Å². The first-order chi connectivity index (χ1) is 11.8. The first kappa shape index (κ1) is 19.7. The third kappa shape index (κ3) is 4.33. The van der Waals surface area contributed by atoms with E-state index in [9.17, 15) is 4.79 Å².